The molecule has 0 radical (unpaired) electrons. The molecule has 1 amide bonds. The number of pyridine rings is 1. The molecule has 0 saturated carbocycles. The highest BCUT2D eigenvalue weighted by atomic mass is 16.5. The highest BCUT2D eigenvalue weighted by Crippen LogP contribution is 2.35. The fourth-order valence-electron chi connectivity index (χ4n) is 3.02. The Labute approximate surface area is 134 Å². The van der Waals surface area contributed by atoms with Crippen LogP contribution in [0.15, 0.2) is 42.6 Å². The van der Waals surface area contributed by atoms with Gasteiger partial charge >= 0.3 is 5.97 Å². The lowest BCUT2D eigenvalue weighted by Gasteiger charge is -2.25. The molecule has 0 aliphatic heterocycles. The van der Waals surface area contributed by atoms with Crippen LogP contribution in [0.25, 0.3) is 0 Å². The number of nitrogens with zero attached hydrogens (tertiary/aromatic N) is 2. The lowest BCUT2D eigenvalue weighted by molar-refractivity contribution is 0.0598. The Balaban J connectivity index is 1.79. The van der Waals surface area contributed by atoms with Crippen LogP contribution in [0.2, 0.25) is 0 Å². The van der Waals surface area contributed by atoms with E-state index in [0.29, 0.717) is 11.3 Å². The van der Waals surface area contributed by atoms with Crippen molar-refractivity contribution in [3.63, 3.8) is 0 Å². The summed E-state index contributed by atoms with van der Waals surface area (Å²) in [5.74, 6) is -0.613. The minimum absolute atomic E-state index is 0.0702. The van der Waals surface area contributed by atoms with Gasteiger partial charge in [0.15, 0.2) is 0 Å². The van der Waals surface area contributed by atoms with E-state index in [2.05, 4.69) is 21.9 Å². The summed E-state index contributed by atoms with van der Waals surface area (Å²) in [5.41, 5.74) is 3.16. The van der Waals surface area contributed by atoms with Crippen LogP contribution in [0.1, 0.15) is 44.4 Å². The molecule has 5 heteroatoms. The third-order valence-corrected chi connectivity index (χ3v) is 4.29. The molecule has 1 unspecified atom stereocenters. The van der Waals surface area contributed by atoms with Gasteiger partial charge in [-0.15, -0.1) is 0 Å². The van der Waals surface area contributed by atoms with Crippen molar-refractivity contribution in [1.82, 2.24) is 9.88 Å². The monoisotopic (exact) mass is 310 g/mol. The van der Waals surface area contributed by atoms with Crippen molar-refractivity contribution in [2.75, 3.05) is 14.2 Å². The van der Waals surface area contributed by atoms with E-state index >= 15 is 0 Å². The smallest absolute Gasteiger partial charge is 0.339 e. The van der Waals surface area contributed by atoms with E-state index < -0.39 is 5.97 Å². The predicted molar refractivity (Wildman–Crippen MR) is 85.2 cm³/mol. The molecule has 0 N–H and O–H groups in total. The van der Waals surface area contributed by atoms with Gasteiger partial charge in [-0.1, -0.05) is 24.3 Å². The number of benzene rings is 1. The molecule has 1 aromatic carbocycles. The van der Waals surface area contributed by atoms with E-state index in [1.807, 2.05) is 12.1 Å². The lowest BCUT2D eigenvalue weighted by atomic mass is 10.1. The van der Waals surface area contributed by atoms with Gasteiger partial charge in [0, 0.05) is 13.2 Å². The second-order valence-corrected chi connectivity index (χ2v) is 5.59. The molecule has 118 valence electrons. The number of aromatic nitrogens is 1. The molecule has 0 spiro atoms. The lowest BCUT2D eigenvalue weighted by Crippen LogP contribution is -2.30. The number of amides is 1. The van der Waals surface area contributed by atoms with Gasteiger partial charge in [-0.25, -0.2) is 4.79 Å². The van der Waals surface area contributed by atoms with Crippen LogP contribution in [0, 0.1) is 0 Å². The summed E-state index contributed by atoms with van der Waals surface area (Å²) in [6.07, 6.45) is 3.27. The fourth-order valence-corrected chi connectivity index (χ4v) is 3.02. The molecule has 1 aromatic heterocycles. The summed E-state index contributed by atoms with van der Waals surface area (Å²) < 4.78 is 4.63. The zero-order chi connectivity index (χ0) is 16.4. The normalized spacial score (nSPS) is 15.8. The first-order chi connectivity index (χ1) is 11.1. The molecule has 23 heavy (non-hydrogen) atoms. The molecule has 2 aromatic rings. The number of rotatable bonds is 3. The number of ether oxygens (including phenoxy) is 1. The molecule has 0 fully saturated rings. The largest absolute Gasteiger partial charge is 0.465 e. The maximum atomic E-state index is 12.6. The zero-order valence-electron chi connectivity index (χ0n) is 13.2. The highest BCUT2D eigenvalue weighted by molar-refractivity contribution is 5.94. The van der Waals surface area contributed by atoms with Gasteiger partial charge in [-0.3, -0.25) is 9.78 Å². The zero-order valence-corrected chi connectivity index (χ0v) is 13.2. The van der Waals surface area contributed by atoms with Crippen molar-refractivity contribution in [2.24, 2.45) is 0 Å². The molecule has 3 rings (SSSR count). The summed E-state index contributed by atoms with van der Waals surface area (Å²) in [6.45, 7) is 0. The second-order valence-electron chi connectivity index (χ2n) is 5.59. The first-order valence-corrected chi connectivity index (χ1v) is 7.51. The summed E-state index contributed by atoms with van der Waals surface area (Å²) in [6, 6.07) is 11.4. The minimum Gasteiger partial charge on any atom is -0.465 e. The van der Waals surface area contributed by atoms with E-state index in [-0.39, 0.29) is 11.9 Å². The number of carbonyl (C=O) groups excluding carboxylic acids is 2. The van der Waals surface area contributed by atoms with Crippen LogP contribution in [0.4, 0.5) is 0 Å². The standard InChI is InChI=1S/C18H18N2O3/c1-20(16-10-8-12-5-3-4-6-14(12)16)17(21)15-9-7-13(11-19-15)18(22)23-2/h3-7,9,11,16H,8,10H2,1-2H3. The average Bonchev–Trinajstić information content (AvgIpc) is 3.04. The summed E-state index contributed by atoms with van der Waals surface area (Å²) in [7, 11) is 3.11. The highest BCUT2D eigenvalue weighted by Gasteiger charge is 2.29. The Kier molecular flexibility index (Phi) is 4.10. The van der Waals surface area contributed by atoms with Gasteiger partial charge < -0.3 is 9.64 Å². The molecule has 1 aliphatic rings. The summed E-state index contributed by atoms with van der Waals surface area (Å²) in [4.78, 5) is 29.9. The number of hydrogen-bond donors (Lipinski definition) is 0. The second kappa shape index (κ2) is 6.20. The van der Waals surface area contributed by atoms with Gasteiger partial charge in [-0.2, -0.15) is 0 Å². The molecule has 5 nitrogen and oxygen atoms in total. The number of esters is 1. The Morgan fingerprint density at radius 2 is 2.00 bits per heavy atom. The minimum atomic E-state index is -0.463. The van der Waals surface area contributed by atoms with Crippen LogP contribution in [0.3, 0.4) is 0 Å². The third-order valence-electron chi connectivity index (χ3n) is 4.29. The predicted octanol–water partition coefficient (Wildman–Crippen LogP) is 2.63. The first-order valence-electron chi connectivity index (χ1n) is 7.51. The van der Waals surface area contributed by atoms with Crippen molar-refractivity contribution >= 4 is 11.9 Å². The SMILES string of the molecule is COC(=O)c1ccc(C(=O)N(C)C2CCc3ccccc32)nc1. The summed E-state index contributed by atoms with van der Waals surface area (Å²) >= 11 is 0. The van der Waals surface area contributed by atoms with Crippen LogP contribution in [-0.4, -0.2) is 35.9 Å². The van der Waals surface area contributed by atoms with Crippen LogP contribution in [0.5, 0.6) is 0 Å². The fraction of sp³-hybridized carbons (Fsp3) is 0.278. The van der Waals surface area contributed by atoms with Crippen LogP contribution < -0.4 is 0 Å². The maximum absolute atomic E-state index is 12.6. The molecule has 0 bridgehead atoms. The van der Waals surface area contributed by atoms with E-state index in [1.165, 1.54) is 24.4 Å². The van der Waals surface area contributed by atoms with E-state index in [1.54, 1.807) is 24.1 Å². The van der Waals surface area contributed by atoms with Gasteiger partial charge in [0.05, 0.1) is 18.7 Å². The Morgan fingerprint density at radius 1 is 1.22 bits per heavy atom. The average molecular weight is 310 g/mol. The third kappa shape index (κ3) is 2.82. The van der Waals surface area contributed by atoms with Gasteiger partial charge in [-0.05, 0) is 36.1 Å². The Morgan fingerprint density at radius 3 is 2.70 bits per heavy atom. The number of methoxy groups -OCH3 is 1. The Bertz CT molecular complexity index is 740. The molecular formula is C18H18N2O3. The molecular weight excluding hydrogens is 292 g/mol. The van der Waals surface area contributed by atoms with Crippen molar-refractivity contribution < 1.29 is 14.3 Å². The van der Waals surface area contributed by atoms with Crippen LogP contribution >= 0.6 is 0 Å². The first kappa shape index (κ1) is 15.2. The van der Waals surface area contributed by atoms with Crippen molar-refractivity contribution in [2.45, 2.75) is 18.9 Å². The van der Waals surface area contributed by atoms with Gasteiger partial charge in [0.25, 0.3) is 5.91 Å². The molecule has 0 saturated heterocycles. The summed E-state index contributed by atoms with van der Waals surface area (Å²) in [5, 5.41) is 0. The molecule has 1 atom stereocenters. The topological polar surface area (TPSA) is 59.5 Å². The number of carbonyl (C=O) groups is 2. The number of hydrogen-bond acceptors (Lipinski definition) is 4. The maximum Gasteiger partial charge on any atom is 0.339 e. The van der Waals surface area contributed by atoms with Crippen molar-refractivity contribution in [3.8, 4) is 0 Å². The Hall–Kier alpha value is -2.69. The van der Waals surface area contributed by atoms with E-state index in [0.717, 1.165) is 12.8 Å². The van der Waals surface area contributed by atoms with Crippen molar-refractivity contribution in [3.05, 3.63) is 65.0 Å². The number of aryl methyl sites for hydroxylation is 1. The van der Waals surface area contributed by atoms with Crippen molar-refractivity contribution in [1.29, 1.82) is 0 Å². The molecule has 1 heterocycles. The van der Waals surface area contributed by atoms with E-state index in [9.17, 15) is 9.59 Å². The number of fused-ring (bicyclic) bond motifs is 1. The molecule has 1 aliphatic carbocycles. The van der Waals surface area contributed by atoms with Gasteiger partial charge in [0.2, 0.25) is 0 Å². The van der Waals surface area contributed by atoms with E-state index in [4.69, 9.17) is 0 Å². The quantitative estimate of drug-likeness (QED) is 0.818. The van der Waals surface area contributed by atoms with Crippen LogP contribution in [-0.2, 0) is 11.2 Å². The van der Waals surface area contributed by atoms with Gasteiger partial charge in [0.1, 0.15) is 5.69 Å².